The zero-order chi connectivity index (χ0) is 26.7. The lowest BCUT2D eigenvalue weighted by molar-refractivity contribution is 0.00668. The fourth-order valence-corrected chi connectivity index (χ4v) is 4.61. The molecule has 1 amide bonds. The number of rotatable bonds is 6. The molecule has 3 heterocycles. The van der Waals surface area contributed by atoms with Gasteiger partial charge in [-0.1, -0.05) is 30.3 Å². The molecule has 1 aliphatic heterocycles. The van der Waals surface area contributed by atoms with E-state index >= 15 is 0 Å². The number of hydrogen-bond acceptors (Lipinski definition) is 5. The van der Waals surface area contributed by atoms with Crippen molar-refractivity contribution in [2.75, 3.05) is 13.2 Å². The first kappa shape index (κ1) is 25.6. The first-order valence-corrected chi connectivity index (χ1v) is 12.7. The topological polar surface area (TPSA) is 69.5 Å². The molecule has 0 N–H and O–H groups in total. The summed E-state index contributed by atoms with van der Waals surface area (Å²) in [4.78, 5) is 19.1. The Morgan fingerprint density at radius 1 is 1.00 bits per heavy atom. The summed E-state index contributed by atoms with van der Waals surface area (Å²) in [6, 6.07) is 19.8. The Morgan fingerprint density at radius 2 is 1.71 bits per heavy atom. The molecule has 5 rings (SSSR count). The van der Waals surface area contributed by atoms with Crippen molar-refractivity contribution in [3.05, 3.63) is 96.2 Å². The molecule has 0 radical (unpaired) electrons. The highest BCUT2D eigenvalue weighted by Gasteiger charge is 2.35. The van der Waals surface area contributed by atoms with Crippen molar-refractivity contribution in [2.24, 2.45) is 0 Å². The fourth-order valence-electron chi connectivity index (χ4n) is 4.61. The summed E-state index contributed by atoms with van der Waals surface area (Å²) in [7, 11) is 0. The first-order chi connectivity index (χ1) is 18.3. The normalized spacial score (nSPS) is 15.3. The number of halogens is 1. The third kappa shape index (κ3) is 5.75. The molecule has 1 atom stereocenters. The lowest BCUT2D eigenvalue weighted by Crippen LogP contribution is -2.45. The monoisotopic (exact) mass is 514 g/mol. The van der Waals surface area contributed by atoms with Gasteiger partial charge in [0.15, 0.2) is 0 Å². The lowest BCUT2D eigenvalue weighted by atomic mass is 9.98. The Kier molecular flexibility index (Phi) is 7.24. The molecule has 2 aromatic carbocycles. The number of ether oxygens (including phenoxy) is 2. The van der Waals surface area contributed by atoms with Crippen molar-refractivity contribution in [3.8, 4) is 22.4 Å². The van der Waals surface area contributed by atoms with Crippen LogP contribution < -0.4 is 0 Å². The summed E-state index contributed by atoms with van der Waals surface area (Å²) < 4.78 is 27.6. The van der Waals surface area contributed by atoms with Gasteiger partial charge in [-0.3, -0.25) is 9.67 Å². The van der Waals surface area contributed by atoms with E-state index in [0.717, 1.165) is 27.9 Å². The molecular weight excluding hydrogens is 483 g/mol. The maximum atomic E-state index is 13.8. The predicted molar refractivity (Wildman–Crippen MR) is 143 cm³/mol. The second kappa shape index (κ2) is 10.8. The number of hydrogen-bond donors (Lipinski definition) is 0. The van der Waals surface area contributed by atoms with E-state index < -0.39 is 5.60 Å². The van der Waals surface area contributed by atoms with Gasteiger partial charge in [0.05, 0.1) is 31.5 Å². The highest BCUT2D eigenvalue weighted by molar-refractivity contribution is 5.83. The second-order valence-corrected chi connectivity index (χ2v) is 10.4. The van der Waals surface area contributed by atoms with Crippen LogP contribution in [-0.2, 0) is 22.6 Å². The van der Waals surface area contributed by atoms with Crippen LogP contribution in [0.25, 0.3) is 22.4 Å². The molecule has 8 heteroatoms. The lowest BCUT2D eigenvalue weighted by Gasteiger charge is -2.35. The van der Waals surface area contributed by atoms with E-state index in [-0.39, 0.29) is 18.0 Å². The predicted octanol–water partition coefficient (Wildman–Crippen LogP) is 6.26. The average Bonchev–Trinajstić information content (AvgIpc) is 3.29. The van der Waals surface area contributed by atoms with Crippen LogP contribution in [0.2, 0.25) is 0 Å². The standard InChI is InChI=1S/C30H31FN4O3/c1-30(2,3)38-29(36)34-17-25(20-37-19-21-7-5-4-6-8-21)35-26(18-34)27(22-13-15-32-16-14-22)28(33-35)23-9-11-24(31)12-10-23/h4-16,25H,17-20H2,1-3H3. The molecule has 0 saturated heterocycles. The average molecular weight is 515 g/mol. The Bertz CT molecular complexity index is 1380. The van der Waals surface area contributed by atoms with Crippen molar-refractivity contribution in [1.29, 1.82) is 0 Å². The zero-order valence-corrected chi connectivity index (χ0v) is 21.8. The van der Waals surface area contributed by atoms with E-state index in [1.807, 2.05) is 67.9 Å². The van der Waals surface area contributed by atoms with Gasteiger partial charge in [-0.2, -0.15) is 5.10 Å². The van der Waals surface area contributed by atoms with Gasteiger partial charge in [-0.15, -0.1) is 0 Å². The number of carbonyl (C=O) groups is 1. The number of fused-ring (bicyclic) bond motifs is 1. The van der Waals surface area contributed by atoms with E-state index in [0.29, 0.717) is 32.0 Å². The molecule has 0 fully saturated rings. The van der Waals surface area contributed by atoms with Crippen molar-refractivity contribution in [2.45, 2.75) is 45.6 Å². The molecule has 2 aromatic heterocycles. The van der Waals surface area contributed by atoms with Gasteiger partial charge >= 0.3 is 6.09 Å². The van der Waals surface area contributed by atoms with Crippen LogP contribution in [-0.4, -0.2) is 44.5 Å². The SMILES string of the molecule is CC(C)(C)OC(=O)N1Cc2c(-c3ccncc3)c(-c3ccc(F)cc3)nn2C(COCc2ccccc2)C1. The number of benzene rings is 2. The summed E-state index contributed by atoms with van der Waals surface area (Å²) in [5, 5.41) is 5.02. The van der Waals surface area contributed by atoms with Crippen molar-refractivity contribution in [3.63, 3.8) is 0 Å². The Labute approximate surface area is 221 Å². The molecule has 1 unspecified atom stereocenters. The zero-order valence-electron chi connectivity index (χ0n) is 21.8. The number of carbonyl (C=O) groups excluding carboxylic acids is 1. The fraction of sp³-hybridized carbons (Fsp3) is 0.300. The Morgan fingerprint density at radius 3 is 2.39 bits per heavy atom. The van der Waals surface area contributed by atoms with Gasteiger partial charge in [0.1, 0.15) is 17.1 Å². The minimum Gasteiger partial charge on any atom is -0.444 e. The van der Waals surface area contributed by atoms with Crippen LogP contribution in [0.1, 0.15) is 38.1 Å². The number of aromatic nitrogens is 3. The molecule has 1 aliphatic rings. The van der Waals surface area contributed by atoms with E-state index in [1.165, 1.54) is 12.1 Å². The molecule has 0 bridgehead atoms. The highest BCUT2D eigenvalue weighted by atomic mass is 19.1. The van der Waals surface area contributed by atoms with Crippen LogP contribution >= 0.6 is 0 Å². The molecular formula is C30H31FN4O3. The molecule has 4 aromatic rings. The molecule has 0 spiro atoms. The summed E-state index contributed by atoms with van der Waals surface area (Å²) in [6.07, 6.45) is 3.06. The van der Waals surface area contributed by atoms with Crippen molar-refractivity contribution >= 4 is 6.09 Å². The van der Waals surface area contributed by atoms with Gasteiger partial charge in [-0.25, -0.2) is 9.18 Å². The second-order valence-electron chi connectivity index (χ2n) is 10.4. The van der Waals surface area contributed by atoms with Crippen molar-refractivity contribution < 1.29 is 18.7 Å². The van der Waals surface area contributed by atoms with Crippen LogP contribution in [0.5, 0.6) is 0 Å². The van der Waals surface area contributed by atoms with Gasteiger partial charge in [0.25, 0.3) is 0 Å². The van der Waals surface area contributed by atoms with Gasteiger partial charge in [0, 0.05) is 30.1 Å². The van der Waals surface area contributed by atoms with Crippen LogP contribution in [0.15, 0.2) is 79.1 Å². The van der Waals surface area contributed by atoms with Crippen LogP contribution in [0.3, 0.4) is 0 Å². The number of pyridine rings is 1. The minimum atomic E-state index is -0.624. The summed E-state index contributed by atoms with van der Waals surface area (Å²) in [5.74, 6) is -0.313. The Balaban J connectivity index is 1.56. The largest absolute Gasteiger partial charge is 0.444 e. The smallest absolute Gasteiger partial charge is 0.410 e. The van der Waals surface area contributed by atoms with Gasteiger partial charge in [0.2, 0.25) is 0 Å². The quantitative estimate of drug-likeness (QED) is 0.304. The summed E-state index contributed by atoms with van der Waals surface area (Å²) in [5.41, 5.74) is 4.59. The van der Waals surface area contributed by atoms with E-state index in [1.54, 1.807) is 29.4 Å². The number of amides is 1. The highest BCUT2D eigenvalue weighted by Crippen LogP contribution is 2.39. The maximum Gasteiger partial charge on any atom is 0.410 e. The van der Waals surface area contributed by atoms with Gasteiger partial charge < -0.3 is 14.4 Å². The third-order valence-electron chi connectivity index (χ3n) is 6.29. The molecule has 7 nitrogen and oxygen atoms in total. The van der Waals surface area contributed by atoms with E-state index in [4.69, 9.17) is 14.6 Å². The van der Waals surface area contributed by atoms with Gasteiger partial charge in [-0.05, 0) is 68.3 Å². The Hall–Kier alpha value is -4.04. The van der Waals surface area contributed by atoms with E-state index in [2.05, 4.69) is 4.98 Å². The summed E-state index contributed by atoms with van der Waals surface area (Å²) in [6.45, 7) is 7.06. The van der Waals surface area contributed by atoms with Crippen LogP contribution in [0, 0.1) is 5.82 Å². The maximum absolute atomic E-state index is 13.8. The third-order valence-corrected chi connectivity index (χ3v) is 6.29. The molecule has 196 valence electrons. The number of nitrogens with zero attached hydrogens (tertiary/aromatic N) is 4. The first-order valence-electron chi connectivity index (χ1n) is 12.7. The minimum absolute atomic E-state index is 0.246. The summed E-state index contributed by atoms with van der Waals surface area (Å²) >= 11 is 0. The molecule has 0 saturated carbocycles. The molecule has 0 aliphatic carbocycles. The molecule has 38 heavy (non-hydrogen) atoms. The van der Waals surface area contributed by atoms with E-state index in [9.17, 15) is 9.18 Å². The van der Waals surface area contributed by atoms with Crippen molar-refractivity contribution in [1.82, 2.24) is 19.7 Å². The van der Waals surface area contributed by atoms with Crippen LogP contribution in [0.4, 0.5) is 9.18 Å².